The average Bonchev–Trinajstić information content (AvgIpc) is 2.22. The molecule has 0 aromatic heterocycles. The SMILES string of the molecule is CCOC(=O)OC(=O)C(NC(=O)OC(C)(C)C)C(C)C. The molecule has 0 saturated heterocycles. The van der Waals surface area contributed by atoms with Crippen LogP contribution in [0.25, 0.3) is 0 Å². The summed E-state index contributed by atoms with van der Waals surface area (Å²) < 4.78 is 14.0. The van der Waals surface area contributed by atoms with Gasteiger partial charge < -0.3 is 19.5 Å². The second-order valence-corrected chi connectivity index (χ2v) is 5.47. The smallest absolute Gasteiger partial charge is 0.444 e. The first kappa shape index (κ1) is 18.2. The van der Waals surface area contributed by atoms with Crippen LogP contribution in [0.2, 0.25) is 0 Å². The Labute approximate surface area is 118 Å². The quantitative estimate of drug-likeness (QED) is 0.630. The minimum absolute atomic E-state index is 0.0952. The van der Waals surface area contributed by atoms with Crippen molar-refractivity contribution < 1.29 is 28.6 Å². The topological polar surface area (TPSA) is 90.9 Å². The molecule has 0 aromatic carbocycles. The molecule has 1 atom stereocenters. The number of alkyl carbamates (subject to hydrolysis) is 1. The number of hydrogen-bond acceptors (Lipinski definition) is 6. The van der Waals surface area contributed by atoms with E-state index in [1.165, 1.54) is 0 Å². The molecule has 0 fully saturated rings. The summed E-state index contributed by atoms with van der Waals surface area (Å²) in [5.74, 6) is -1.16. The van der Waals surface area contributed by atoms with Gasteiger partial charge in [0.05, 0.1) is 6.61 Å². The van der Waals surface area contributed by atoms with Gasteiger partial charge in [0.1, 0.15) is 11.6 Å². The van der Waals surface area contributed by atoms with E-state index < -0.39 is 29.9 Å². The molecule has 0 rings (SSSR count). The van der Waals surface area contributed by atoms with Crippen molar-refractivity contribution in [3.63, 3.8) is 0 Å². The Morgan fingerprint density at radius 2 is 1.70 bits per heavy atom. The van der Waals surface area contributed by atoms with Crippen molar-refractivity contribution in [3.05, 3.63) is 0 Å². The summed E-state index contributed by atoms with van der Waals surface area (Å²) in [5.41, 5.74) is -0.684. The summed E-state index contributed by atoms with van der Waals surface area (Å²) in [6.45, 7) is 10.2. The maximum Gasteiger partial charge on any atom is 0.516 e. The van der Waals surface area contributed by atoms with E-state index in [1.807, 2.05) is 0 Å². The van der Waals surface area contributed by atoms with Crippen molar-refractivity contribution >= 4 is 18.2 Å². The molecule has 7 nitrogen and oxygen atoms in total. The van der Waals surface area contributed by atoms with Crippen LogP contribution in [0.15, 0.2) is 0 Å². The van der Waals surface area contributed by atoms with Gasteiger partial charge in [0.25, 0.3) is 0 Å². The van der Waals surface area contributed by atoms with Crippen molar-refractivity contribution in [2.24, 2.45) is 5.92 Å². The number of amides is 1. The van der Waals surface area contributed by atoms with E-state index >= 15 is 0 Å². The van der Waals surface area contributed by atoms with Gasteiger partial charge in [-0.15, -0.1) is 0 Å². The van der Waals surface area contributed by atoms with Crippen LogP contribution in [0.5, 0.6) is 0 Å². The second-order valence-electron chi connectivity index (χ2n) is 5.47. The minimum atomic E-state index is -1.09. The molecule has 0 aliphatic carbocycles. The Hall–Kier alpha value is -1.79. The van der Waals surface area contributed by atoms with E-state index in [4.69, 9.17) is 4.74 Å². The Morgan fingerprint density at radius 1 is 1.15 bits per heavy atom. The number of ether oxygens (including phenoxy) is 3. The molecule has 0 aliphatic heterocycles. The van der Waals surface area contributed by atoms with Crippen molar-refractivity contribution in [2.75, 3.05) is 6.61 Å². The lowest BCUT2D eigenvalue weighted by atomic mass is 10.1. The number of rotatable bonds is 4. The molecule has 7 heteroatoms. The van der Waals surface area contributed by atoms with Gasteiger partial charge in [-0.05, 0) is 33.6 Å². The normalized spacial score (nSPS) is 12.6. The number of hydrogen-bond donors (Lipinski definition) is 1. The van der Waals surface area contributed by atoms with Gasteiger partial charge in [-0.1, -0.05) is 13.8 Å². The van der Waals surface area contributed by atoms with E-state index in [1.54, 1.807) is 41.5 Å². The van der Waals surface area contributed by atoms with Gasteiger partial charge in [-0.25, -0.2) is 14.4 Å². The van der Waals surface area contributed by atoms with E-state index in [0.717, 1.165) is 0 Å². The van der Waals surface area contributed by atoms with Crippen molar-refractivity contribution in [1.82, 2.24) is 5.32 Å². The van der Waals surface area contributed by atoms with Crippen molar-refractivity contribution in [1.29, 1.82) is 0 Å². The first-order chi connectivity index (χ1) is 9.06. The van der Waals surface area contributed by atoms with E-state index in [2.05, 4.69) is 14.8 Å². The molecule has 0 bridgehead atoms. The zero-order valence-corrected chi connectivity index (χ0v) is 12.8. The fourth-order valence-electron chi connectivity index (χ4n) is 1.23. The van der Waals surface area contributed by atoms with Gasteiger partial charge in [0, 0.05) is 0 Å². The Bertz CT molecular complexity index is 358. The highest BCUT2D eigenvalue weighted by Crippen LogP contribution is 2.10. The van der Waals surface area contributed by atoms with E-state index in [9.17, 15) is 14.4 Å². The van der Waals surface area contributed by atoms with Crippen molar-refractivity contribution in [3.8, 4) is 0 Å². The number of carbonyl (C=O) groups is 3. The molecule has 0 aliphatic rings. The highest BCUT2D eigenvalue weighted by Gasteiger charge is 2.30. The van der Waals surface area contributed by atoms with Crippen LogP contribution < -0.4 is 5.32 Å². The monoisotopic (exact) mass is 289 g/mol. The number of nitrogens with one attached hydrogen (secondary N) is 1. The number of esters is 1. The van der Waals surface area contributed by atoms with Crippen LogP contribution in [-0.4, -0.2) is 36.5 Å². The van der Waals surface area contributed by atoms with E-state index in [-0.39, 0.29) is 12.5 Å². The Morgan fingerprint density at radius 3 is 2.10 bits per heavy atom. The maximum atomic E-state index is 11.8. The summed E-state index contributed by atoms with van der Waals surface area (Å²) in [6, 6.07) is -0.991. The highest BCUT2D eigenvalue weighted by atomic mass is 16.7. The van der Waals surface area contributed by atoms with Gasteiger partial charge >= 0.3 is 18.2 Å². The zero-order chi connectivity index (χ0) is 15.9. The van der Waals surface area contributed by atoms with E-state index in [0.29, 0.717) is 0 Å². The Kier molecular flexibility index (Phi) is 7.02. The first-order valence-corrected chi connectivity index (χ1v) is 6.44. The number of carbonyl (C=O) groups excluding carboxylic acids is 3. The molecule has 1 amide bonds. The van der Waals surface area contributed by atoms with Crippen LogP contribution in [0.4, 0.5) is 9.59 Å². The lowest BCUT2D eigenvalue weighted by Crippen LogP contribution is -2.47. The van der Waals surface area contributed by atoms with Crippen LogP contribution in [-0.2, 0) is 19.0 Å². The fraction of sp³-hybridized carbons (Fsp3) is 0.769. The molecule has 0 spiro atoms. The molecule has 1 unspecified atom stereocenters. The van der Waals surface area contributed by atoms with Crippen LogP contribution >= 0.6 is 0 Å². The predicted molar refractivity (Wildman–Crippen MR) is 71.1 cm³/mol. The van der Waals surface area contributed by atoms with Crippen LogP contribution in [0, 0.1) is 5.92 Å². The lowest BCUT2D eigenvalue weighted by Gasteiger charge is -2.24. The molecule has 116 valence electrons. The first-order valence-electron chi connectivity index (χ1n) is 6.44. The highest BCUT2D eigenvalue weighted by molar-refractivity contribution is 5.88. The molecule has 0 aromatic rings. The molecule has 0 radical (unpaired) electrons. The predicted octanol–water partition coefficient (Wildman–Crippen LogP) is 2.24. The molecular weight excluding hydrogens is 266 g/mol. The summed E-state index contributed by atoms with van der Waals surface area (Å²) in [5, 5.41) is 2.38. The summed E-state index contributed by atoms with van der Waals surface area (Å²) >= 11 is 0. The summed E-state index contributed by atoms with van der Waals surface area (Å²) in [7, 11) is 0. The van der Waals surface area contributed by atoms with Crippen LogP contribution in [0.3, 0.4) is 0 Å². The largest absolute Gasteiger partial charge is 0.516 e. The van der Waals surface area contributed by atoms with Gasteiger partial charge in [0.15, 0.2) is 0 Å². The fourth-order valence-corrected chi connectivity index (χ4v) is 1.23. The summed E-state index contributed by atoms with van der Waals surface area (Å²) in [6.07, 6.45) is -1.84. The third kappa shape index (κ3) is 7.60. The van der Waals surface area contributed by atoms with Gasteiger partial charge in [0.2, 0.25) is 0 Å². The molecule has 0 heterocycles. The molecule has 20 heavy (non-hydrogen) atoms. The zero-order valence-electron chi connectivity index (χ0n) is 12.8. The second kappa shape index (κ2) is 7.72. The van der Waals surface area contributed by atoms with Gasteiger partial charge in [-0.3, -0.25) is 0 Å². The minimum Gasteiger partial charge on any atom is -0.444 e. The van der Waals surface area contributed by atoms with Gasteiger partial charge in [-0.2, -0.15) is 0 Å². The standard InChI is InChI=1S/C13H23NO6/c1-7-18-12(17)19-10(15)9(8(2)3)14-11(16)20-13(4,5)6/h8-9H,7H2,1-6H3,(H,14,16). The third-order valence-electron chi connectivity index (χ3n) is 2.04. The van der Waals surface area contributed by atoms with Crippen molar-refractivity contribution in [2.45, 2.75) is 53.2 Å². The third-order valence-corrected chi connectivity index (χ3v) is 2.04. The Balaban J connectivity index is 4.61. The molecule has 1 N–H and O–H groups in total. The molecular formula is C13H23NO6. The summed E-state index contributed by atoms with van der Waals surface area (Å²) in [4.78, 5) is 34.5. The average molecular weight is 289 g/mol. The molecule has 0 saturated carbocycles. The maximum absolute atomic E-state index is 11.8. The lowest BCUT2D eigenvalue weighted by molar-refractivity contribution is -0.143. The van der Waals surface area contributed by atoms with Crippen LogP contribution in [0.1, 0.15) is 41.5 Å².